The van der Waals surface area contributed by atoms with E-state index in [4.69, 9.17) is 4.74 Å². The first kappa shape index (κ1) is 16.6. The average Bonchev–Trinajstić information content (AvgIpc) is 2.56. The van der Waals surface area contributed by atoms with Crippen molar-refractivity contribution in [1.82, 2.24) is 15.5 Å². The lowest BCUT2D eigenvalue weighted by atomic mass is 10.1. The molecule has 2 amide bonds. The number of likely N-dealkylation sites (tertiary alicyclic amines) is 1. The summed E-state index contributed by atoms with van der Waals surface area (Å²) in [4.78, 5) is 14.3. The predicted octanol–water partition coefficient (Wildman–Crippen LogP) is 2.02. The molecule has 0 aromatic heterocycles. The Balaban J connectivity index is 1.65. The van der Waals surface area contributed by atoms with E-state index in [2.05, 4.69) is 22.5 Å². The minimum atomic E-state index is -0.0576. The van der Waals surface area contributed by atoms with Crippen LogP contribution in [-0.4, -0.2) is 50.3 Å². The van der Waals surface area contributed by atoms with Gasteiger partial charge in [-0.05, 0) is 43.5 Å². The van der Waals surface area contributed by atoms with E-state index in [0.717, 1.165) is 50.2 Å². The molecule has 1 aromatic rings. The Morgan fingerprint density at radius 2 is 2.14 bits per heavy atom. The van der Waals surface area contributed by atoms with Crippen LogP contribution in [-0.2, 0) is 6.42 Å². The Morgan fingerprint density at radius 1 is 1.36 bits per heavy atom. The van der Waals surface area contributed by atoms with Crippen LogP contribution in [0.4, 0.5) is 4.79 Å². The molecule has 0 spiro atoms. The van der Waals surface area contributed by atoms with E-state index < -0.39 is 0 Å². The summed E-state index contributed by atoms with van der Waals surface area (Å²) in [7, 11) is 1.66. The Hall–Kier alpha value is -1.75. The zero-order valence-corrected chi connectivity index (χ0v) is 13.6. The highest BCUT2D eigenvalue weighted by Gasteiger charge is 2.19. The number of amides is 2. The number of methoxy groups -OCH3 is 1. The van der Waals surface area contributed by atoms with Gasteiger partial charge in [0.15, 0.2) is 0 Å². The molecule has 1 heterocycles. The van der Waals surface area contributed by atoms with Crippen molar-refractivity contribution in [2.75, 3.05) is 33.3 Å². The number of hydrogen-bond acceptors (Lipinski definition) is 3. The number of carbonyl (C=O) groups excluding carboxylic acids is 1. The van der Waals surface area contributed by atoms with Gasteiger partial charge in [-0.15, -0.1) is 0 Å². The fourth-order valence-corrected chi connectivity index (χ4v) is 2.78. The molecule has 2 N–H and O–H groups in total. The number of benzene rings is 1. The molecule has 1 aromatic carbocycles. The van der Waals surface area contributed by atoms with Crippen molar-refractivity contribution in [3.05, 3.63) is 29.8 Å². The molecular weight excluding hydrogens is 278 g/mol. The molecule has 0 atom stereocenters. The first-order valence-corrected chi connectivity index (χ1v) is 8.11. The van der Waals surface area contributed by atoms with Gasteiger partial charge in [0.2, 0.25) is 0 Å². The predicted molar refractivity (Wildman–Crippen MR) is 88.4 cm³/mol. The van der Waals surface area contributed by atoms with Gasteiger partial charge in [0.1, 0.15) is 5.75 Å². The summed E-state index contributed by atoms with van der Waals surface area (Å²) in [6.45, 7) is 6.06. The fourth-order valence-electron chi connectivity index (χ4n) is 2.78. The monoisotopic (exact) mass is 305 g/mol. The smallest absolute Gasteiger partial charge is 0.315 e. The lowest BCUT2D eigenvalue weighted by Crippen LogP contribution is -2.48. The Kier molecular flexibility index (Phi) is 6.52. The topological polar surface area (TPSA) is 53.6 Å². The summed E-state index contributed by atoms with van der Waals surface area (Å²) < 4.78 is 5.20. The number of ether oxygens (including phenoxy) is 1. The molecule has 2 rings (SSSR count). The molecule has 0 unspecified atom stereocenters. The standard InChI is InChI=1S/C17H27N3O2/c1-3-20-11-8-15(9-12-20)19-17(21)18-10-7-14-5-4-6-16(13-14)22-2/h4-6,13,15H,3,7-12H2,1-2H3,(H2,18,19,21). The molecule has 0 saturated carbocycles. The molecule has 0 bridgehead atoms. The summed E-state index contributed by atoms with van der Waals surface area (Å²) in [5, 5.41) is 6.01. The Labute approximate surface area is 133 Å². The third-order valence-corrected chi connectivity index (χ3v) is 4.20. The molecular formula is C17H27N3O2. The molecule has 1 fully saturated rings. The van der Waals surface area contributed by atoms with E-state index in [9.17, 15) is 4.79 Å². The number of rotatable bonds is 6. The van der Waals surface area contributed by atoms with Crippen molar-refractivity contribution in [3.8, 4) is 5.75 Å². The van der Waals surface area contributed by atoms with Crippen molar-refractivity contribution in [2.24, 2.45) is 0 Å². The van der Waals surface area contributed by atoms with Crippen LogP contribution >= 0.6 is 0 Å². The molecule has 5 heteroatoms. The highest BCUT2D eigenvalue weighted by atomic mass is 16.5. The first-order chi connectivity index (χ1) is 10.7. The molecule has 0 radical (unpaired) electrons. The maximum atomic E-state index is 11.9. The van der Waals surface area contributed by atoms with E-state index in [1.165, 1.54) is 0 Å². The minimum absolute atomic E-state index is 0.0576. The summed E-state index contributed by atoms with van der Waals surface area (Å²) in [6.07, 6.45) is 2.88. The number of nitrogens with one attached hydrogen (secondary N) is 2. The van der Waals surface area contributed by atoms with E-state index in [1.54, 1.807) is 7.11 Å². The van der Waals surface area contributed by atoms with Gasteiger partial charge < -0.3 is 20.3 Å². The van der Waals surface area contributed by atoms with Crippen molar-refractivity contribution in [1.29, 1.82) is 0 Å². The van der Waals surface area contributed by atoms with Gasteiger partial charge in [0.05, 0.1) is 7.11 Å². The molecule has 122 valence electrons. The van der Waals surface area contributed by atoms with Gasteiger partial charge >= 0.3 is 6.03 Å². The lowest BCUT2D eigenvalue weighted by Gasteiger charge is -2.31. The van der Waals surface area contributed by atoms with Gasteiger partial charge in [-0.25, -0.2) is 4.79 Å². The summed E-state index contributed by atoms with van der Waals surface area (Å²) in [5.74, 6) is 0.852. The van der Waals surface area contributed by atoms with Gasteiger partial charge in [0.25, 0.3) is 0 Å². The molecule has 0 aliphatic carbocycles. The average molecular weight is 305 g/mol. The van der Waals surface area contributed by atoms with Gasteiger partial charge in [-0.1, -0.05) is 19.1 Å². The third-order valence-electron chi connectivity index (χ3n) is 4.20. The fraction of sp³-hybridized carbons (Fsp3) is 0.588. The number of piperidine rings is 1. The van der Waals surface area contributed by atoms with Crippen molar-refractivity contribution >= 4 is 6.03 Å². The Morgan fingerprint density at radius 3 is 2.82 bits per heavy atom. The van der Waals surface area contributed by atoms with Crippen LogP contribution in [0.25, 0.3) is 0 Å². The molecule has 22 heavy (non-hydrogen) atoms. The Bertz CT molecular complexity index is 471. The second-order valence-electron chi connectivity index (χ2n) is 5.71. The van der Waals surface area contributed by atoms with Crippen molar-refractivity contribution in [2.45, 2.75) is 32.2 Å². The maximum absolute atomic E-state index is 11.9. The number of carbonyl (C=O) groups is 1. The van der Waals surface area contributed by atoms with E-state index in [1.807, 2.05) is 24.3 Å². The normalized spacial score (nSPS) is 16.3. The van der Waals surface area contributed by atoms with Gasteiger partial charge in [0, 0.05) is 25.7 Å². The van der Waals surface area contributed by atoms with Crippen LogP contribution in [0.5, 0.6) is 5.75 Å². The largest absolute Gasteiger partial charge is 0.497 e. The van der Waals surface area contributed by atoms with E-state index in [-0.39, 0.29) is 6.03 Å². The number of urea groups is 1. The molecule has 1 aliphatic rings. The quantitative estimate of drug-likeness (QED) is 0.845. The van der Waals surface area contributed by atoms with Crippen LogP contribution in [0.3, 0.4) is 0 Å². The van der Waals surface area contributed by atoms with Crippen LogP contribution in [0, 0.1) is 0 Å². The van der Waals surface area contributed by atoms with Crippen molar-refractivity contribution < 1.29 is 9.53 Å². The summed E-state index contributed by atoms with van der Waals surface area (Å²) >= 11 is 0. The highest BCUT2D eigenvalue weighted by molar-refractivity contribution is 5.74. The molecule has 1 aliphatic heterocycles. The van der Waals surface area contributed by atoms with Gasteiger partial charge in [-0.3, -0.25) is 0 Å². The number of hydrogen-bond donors (Lipinski definition) is 2. The molecule has 1 saturated heterocycles. The van der Waals surface area contributed by atoms with Gasteiger partial charge in [-0.2, -0.15) is 0 Å². The zero-order chi connectivity index (χ0) is 15.8. The van der Waals surface area contributed by atoms with E-state index in [0.29, 0.717) is 12.6 Å². The second kappa shape index (κ2) is 8.63. The minimum Gasteiger partial charge on any atom is -0.497 e. The lowest BCUT2D eigenvalue weighted by molar-refractivity contribution is 0.198. The van der Waals surface area contributed by atoms with Crippen LogP contribution in [0.15, 0.2) is 24.3 Å². The highest BCUT2D eigenvalue weighted by Crippen LogP contribution is 2.12. The van der Waals surface area contributed by atoms with Crippen LogP contribution in [0.2, 0.25) is 0 Å². The summed E-state index contributed by atoms with van der Waals surface area (Å²) in [6, 6.07) is 8.18. The zero-order valence-electron chi connectivity index (χ0n) is 13.6. The van der Waals surface area contributed by atoms with Crippen LogP contribution in [0.1, 0.15) is 25.3 Å². The third kappa shape index (κ3) is 5.22. The second-order valence-corrected chi connectivity index (χ2v) is 5.71. The molecule has 5 nitrogen and oxygen atoms in total. The van der Waals surface area contributed by atoms with E-state index >= 15 is 0 Å². The van der Waals surface area contributed by atoms with Crippen LogP contribution < -0.4 is 15.4 Å². The maximum Gasteiger partial charge on any atom is 0.315 e. The SMILES string of the molecule is CCN1CCC(NC(=O)NCCc2cccc(OC)c2)CC1. The number of nitrogens with zero attached hydrogens (tertiary/aromatic N) is 1. The van der Waals surface area contributed by atoms with Crippen molar-refractivity contribution in [3.63, 3.8) is 0 Å². The first-order valence-electron chi connectivity index (χ1n) is 8.11. The summed E-state index contributed by atoms with van der Waals surface area (Å²) in [5.41, 5.74) is 1.16.